The summed E-state index contributed by atoms with van der Waals surface area (Å²) in [7, 11) is 0. The van der Waals surface area contributed by atoms with Crippen molar-refractivity contribution >= 4 is 29.8 Å². The number of alkyl carbamates (subject to hydrolysis) is 1. The summed E-state index contributed by atoms with van der Waals surface area (Å²) in [5.41, 5.74) is 0.986. The van der Waals surface area contributed by atoms with Gasteiger partial charge in [0, 0.05) is 25.2 Å². The average molecular weight is 498 g/mol. The van der Waals surface area contributed by atoms with Gasteiger partial charge in [-0.15, -0.1) is 0 Å². The molecule has 5 N–H and O–H groups in total. The van der Waals surface area contributed by atoms with E-state index in [0.29, 0.717) is 18.3 Å². The van der Waals surface area contributed by atoms with Gasteiger partial charge < -0.3 is 30.5 Å². The third-order valence-corrected chi connectivity index (χ3v) is 4.91. The molecule has 0 fully saturated rings. The van der Waals surface area contributed by atoms with Gasteiger partial charge in [0.05, 0.1) is 0 Å². The number of hydrogen-bond acceptors (Lipinski definition) is 8. The number of nitrogens with one attached hydrogen (secondary N) is 4. The minimum absolute atomic E-state index is 0.0207. The number of nitrogens with zero attached hydrogens (tertiary/aromatic N) is 1. The molecule has 2 aromatic rings. The molecule has 0 radical (unpaired) electrons. The first kappa shape index (κ1) is 26.0. The SMILES string of the molecule is O=C(COc1ccc(C(=O)NC[C@H](NC(=O)OCc2ccccc2)C(=O)O)cc1)NC1=NCCCN1. The molecule has 1 heterocycles. The van der Waals surface area contributed by atoms with Gasteiger partial charge in [-0.1, -0.05) is 30.3 Å². The molecule has 1 aliphatic heterocycles. The molecule has 190 valence electrons. The van der Waals surface area contributed by atoms with E-state index in [1.807, 2.05) is 6.07 Å². The first-order valence-corrected chi connectivity index (χ1v) is 11.2. The molecule has 1 aliphatic rings. The Morgan fingerprint density at radius 1 is 1.06 bits per heavy atom. The van der Waals surface area contributed by atoms with Crippen molar-refractivity contribution in [1.82, 2.24) is 21.3 Å². The lowest BCUT2D eigenvalue weighted by atomic mass is 10.2. The highest BCUT2D eigenvalue weighted by molar-refractivity contribution is 5.98. The lowest BCUT2D eigenvalue weighted by Gasteiger charge is -2.16. The maximum absolute atomic E-state index is 12.4. The summed E-state index contributed by atoms with van der Waals surface area (Å²) in [6, 6.07) is 13.5. The monoisotopic (exact) mass is 497 g/mol. The zero-order valence-corrected chi connectivity index (χ0v) is 19.4. The zero-order chi connectivity index (χ0) is 25.8. The fraction of sp³-hybridized carbons (Fsp3) is 0.292. The summed E-state index contributed by atoms with van der Waals surface area (Å²) in [6.45, 7) is 0.774. The first-order chi connectivity index (χ1) is 17.4. The third kappa shape index (κ3) is 8.63. The van der Waals surface area contributed by atoms with Crippen LogP contribution in [-0.4, -0.2) is 67.2 Å². The van der Waals surface area contributed by atoms with Gasteiger partial charge >= 0.3 is 12.1 Å². The highest BCUT2D eigenvalue weighted by atomic mass is 16.5. The standard InChI is InChI=1S/C24H27N5O7/c30-20(29-23-25-11-4-12-26-23)15-35-18-9-7-17(8-10-18)21(31)27-13-19(22(32)33)28-24(34)36-14-16-5-2-1-3-6-16/h1-3,5-10,19H,4,11-15H2,(H,27,31)(H,28,34)(H,32,33)(H2,25,26,29,30)/t19-/m0/s1. The molecule has 3 amide bonds. The second kappa shape index (κ2) is 13.3. The maximum Gasteiger partial charge on any atom is 0.408 e. The Morgan fingerprint density at radius 2 is 1.81 bits per heavy atom. The second-order valence-corrected chi connectivity index (χ2v) is 7.68. The van der Waals surface area contributed by atoms with E-state index in [4.69, 9.17) is 9.47 Å². The minimum atomic E-state index is -1.39. The Bertz CT molecular complexity index is 1090. The highest BCUT2D eigenvalue weighted by Crippen LogP contribution is 2.12. The summed E-state index contributed by atoms with van der Waals surface area (Å²) in [4.78, 5) is 51.9. The van der Waals surface area contributed by atoms with Gasteiger partial charge in [0.25, 0.3) is 11.8 Å². The number of guanidine groups is 1. The van der Waals surface area contributed by atoms with Crippen molar-refractivity contribution in [3.05, 3.63) is 65.7 Å². The molecule has 12 heteroatoms. The Labute approximate surface area is 207 Å². The smallest absolute Gasteiger partial charge is 0.408 e. The predicted molar refractivity (Wildman–Crippen MR) is 129 cm³/mol. The van der Waals surface area contributed by atoms with E-state index in [0.717, 1.165) is 18.5 Å². The average Bonchev–Trinajstić information content (AvgIpc) is 2.90. The van der Waals surface area contributed by atoms with E-state index in [9.17, 15) is 24.3 Å². The molecule has 0 bridgehead atoms. The van der Waals surface area contributed by atoms with Crippen LogP contribution in [0.4, 0.5) is 4.79 Å². The van der Waals surface area contributed by atoms with Crippen LogP contribution in [0.1, 0.15) is 22.3 Å². The van der Waals surface area contributed by atoms with E-state index in [1.165, 1.54) is 24.3 Å². The van der Waals surface area contributed by atoms with Crippen LogP contribution in [-0.2, 0) is 20.9 Å². The number of carboxylic acids is 1. The van der Waals surface area contributed by atoms with Crippen LogP contribution in [0.3, 0.4) is 0 Å². The second-order valence-electron chi connectivity index (χ2n) is 7.68. The molecule has 1 atom stereocenters. The number of aliphatic carboxylic acids is 1. The molecule has 2 aromatic carbocycles. The van der Waals surface area contributed by atoms with Crippen LogP contribution >= 0.6 is 0 Å². The van der Waals surface area contributed by atoms with Gasteiger partial charge in [0.2, 0.25) is 0 Å². The molecule has 0 unspecified atom stereocenters. The number of aliphatic imine (C=N–C) groups is 1. The Morgan fingerprint density at radius 3 is 2.47 bits per heavy atom. The molecule has 12 nitrogen and oxygen atoms in total. The lowest BCUT2D eigenvalue weighted by Crippen LogP contribution is -2.48. The van der Waals surface area contributed by atoms with Crippen molar-refractivity contribution in [2.24, 2.45) is 4.99 Å². The molecule has 0 aliphatic carbocycles. The normalized spacial score (nSPS) is 13.3. The van der Waals surface area contributed by atoms with Crippen molar-refractivity contribution in [3.8, 4) is 5.75 Å². The summed E-state index contributed by atoms with van der Waals surface area (Å²) in [5.74, 6) is -1.47. The molecular weight excluding hydrogens is 470 g/mol. The topological polar surface area (TPSA) is 167 Å². The van der Waals surface area contributed by atoms with Gasteiger partial charge in [0.15, 0.2) is 12.6 Å². The molecule has 0 aromatic heterocycles. The van der Waals surface area contributed by atoms with Crippen LogP contribution in [0.2, 0.25) is 0 Å². The molecule has 0 spiro atoms. The number of carbonyl (C=O) groups is 4. The largest absolute Gasteiger partial charge is 0.484 e. The fourth-order valence-electron chi connectivity index (χ4n) is 3.04. The van der Waals surface area contributed by atoms with E-state index in [1.54, 1.807) is 24.3 Å². The molecule has 3 rings (SSSR count). The van der Waals surface area contributed by atoms with Gasteiger partial charge in [0.1, 0.15) is 18.4 Å². The number of ether oxygens (including phenoxy) is 2. The third-order valence-electron chi connectivity index (χ3n) is 4.91. The van der Waals surface area contributed by atoms with Gasteiger partial charge in [-0.2, -0.15) is 0 Å². The predicted octanol–water partition coefficient (Wildman–Crippen LogP) is 0.640. The van der Waals surface area contributed by atoms with Crippen molar-refractivity contribution in [3.63, 3.8) is 0 Å². The van der Waals surface area contributed by atoms with Crippen LogP contribution in [0, 0.1) is 0 Å². The number of carboxylic acid groups (broad SMARTS) is 1. The number of hydrogen-bond donors (Lipinski definition) is 5. The van der Waals surface area contributed by atoms with Crippen LogP contribution in [0.5, 0.6) is 5.75 Å². The highest BCUT2D eigenvalue weighted by Gasteiger charge is 2.22. The Hall–Kier alpha value is -4.61. The zero-order valence-electron chi connectivity index (χ0n) is 19.4. The van der Waals surface area contributed by atoms with E-state index < -0.39 is 24.0 Å². The molecule has 0 saturated heterocycles. The summed E-state index contributed by atoms with van der Waals surface area (Å²) >= 11 is 0. The Kier molecular flexibility index (Phi) is 9.62. The van der Waals surface area contributed by atoms with Crippen LogP contribution in [0.25, 0.3) is 0 Å². The minimum Gasteiger partial charge on any atom is -0.484 e. The number of rotatable bonds is 10. The maximum atomic E-state index is 12.4. The summed E-state index contributed by atoms with van der Waals surface area (Å²) in [5, 5.41) is 19.6. The summed E-state index contributed by atoms with van der Waals surface area (Å²) in [6.07, 6.45) is -0.0118. The van der Waals surface area contributed by atoms with E-state index in [2.05, 4.69) is 26.3 Å². The van der Waals surface area contributed by atoms with E-state index >= 15 is 0 Å². The van der Waals surface area contributed by atoms with Gasteiger partial charge in [-0.3, -0.25) is 19.9 Å². The number of amides is 3. The Balaban J connectivity index is 1.41. The summed E-state index contributed by atoms with van der Waals surface area (Å²) < 4.78 is 10.4. The van der Waals surface area contributed by atoms with Crippen molar-refractivity contribution in [2.45, 2.75) is 19.1 Å². The number of carbonyl (C=O) groups excluding carboxylic acids is 3. The molecule has 36 heavy (non-hydrogen) atoms. The van der Waals surface area contributed by atoms with Crippen molar-refractivity contribution in [1.29, 1.82) is 0 Å². The fourth-order valence-corrected chi connectivity index (χ4v) is 3.04. The quantitative estimate of drug-likeness (QED) is 0.319. The van der Waals surface area contributed by atoms with Crippen molar-refractivity contribution < 1.29 is 33.8 Å². The number of benzene rings is 2. The lowest BCUT2D eigenvalue weighted by molar-refractivity contribution is -0.139. The molecule has 0 saturated carbocycles. The molecular formula is C24H27N5O7. The van der Waals surface area contributed by atoms with Gasteiger partial charge in [-0.05, 0) is 36.2 Å². The van der Waals surface area contributed by atoms with Gasteiger partial charge in [-0.25, -0.2) is 9.59 Å². The van der Waals surface area contributed by atoms with Crippen molar-refractivity contribution in [2.75, 3.05) is 26.2 Å². The van der Waals surface area contributed by atoms with Crippen LogP contribution < -0.4 is 26.0 Å². The van der Waals surface area contributed by atoms with Crippen LogP contribution in [0.15, 0.2) is 59.6 Å². The van der Waals surface area contributed by atoms with E-state index in [-0.39, 0.29) is 31.2 Å². The first-order valence-electron chi connectivity index (χ1n) is 11.2.